The van der Waals surface area contributed by atoms with E-state index in [1.165, 1.54) is 12.3 Å². The molecule has 1 atom stereocenters. The highest BCUT2D eigenvalue weighted by Crippen LogP contribution is 2.18. The standard InChI is InChI=1S/C13H17NO4S/c1-2-14(11-7-9-19(16,17)10-11)13(15)6-5-12-4-3-8-18-12/h3-6,8,11H,2,7,9-10H2,1H3/b6-5+. The molecule has 0 radical (unpaired) electrons. The number of amides is 1. The maximum atomic E-state index is 12.1. The molecule has 2 heterocycles. The molecular formula is C13H17NO4S. The van der Waals surface area contributed by atoms with Gasteiger partial charge >= 0.3 is 0 Å². The normalized spacial score (nSPS) is 21.8. The number of furan rings is 1. The van der Waals surface area contributed by atoms with E-state index in [9.17, 15) is 13.2 Å². The number of rotatable bonds is 4. The summed E-state index contributed by atoms with van der Waals surface area (Å²) in [6.45, 7) is 2.35. The topological polar surface area (TPSA) is 67.6 Å². The highest BCUT2D eigenvalue weighted by molar-refractivity contribution is 7.91. The largest absolute Gasteiger partial charge is 0.465 e. The smallest absolute Gasteiger partial charge is 0.246 e. The highest BCUT2D eigenvalue weighted by atomic mass is 32.2. The average Bonchev–Trinajstić information content (AvgIpc) is 2.97. The van der Waals surface area contributed by atoms with Crippen LogP contribution in [0.15, 0.2) is 28.9 Å². The maximum absolute atomic E-state index is 12.1. The Morgan fingerprint density at radius 2 is 2.37 bits per heavy atom. The number of nitrogens with zero attached hydrogens (tertiary/aromatic N) is 1. The zero-order valence-electron chi connectivity index (χ0n) is 10.8. The highest BCUT2D eigenvalue weighted by Gasteiger charge is 2.33. The Bertz CT molecular complexity index is 559. The van der Waals surface area contributed by atoms with E-state index in [2.05, 4.69) is 0 Å². The lowest BCUT2D eigenvalue weighted by Gasteiger charge is -2.25. The van der Waals surface area contributed by atoms with E-state index in [1.54, 1.807) is 23.1 Å². The molecule has 19 heavy (non-hydrogen) atoms. The third kappa shape index (κ3) is 3.47. The van der Waals surface area contributed by atoms with Gasteiger partial charge in [0.2, 0.25) is 5.91 Å². The minimum Gasteiger partial charge on any atom is -0.465 e. The lowest BCUT2D eigenvalue weighted by atomic mass is 10.2. The zero-order chi connectivity index (χ0) is 13.9. The van der Waals surface area contributed by atoms with Crippen LogP contribution in [0.3, 0.4) is 0 Å². The molecule has 1 unspecified atom stereocenters. The molecule has 0 N–H and O–H groups in total. The molecule has 1 amide bonds. The molecule has 104 valence electrons. The molecule has 1 aliphatic heterocycles. The fraction of sp³-hybridized carbons (Fsp3) is 0.462. The Kier molecular flexibility index (Phi) is 4.09. The van der Waals surface area contributed by atoms with Gasteiger partial charge in [0.05, 0.1) is 17.8 Å². The van der Waals surface area contributed by atoms with Gasteiger partial charge in [-0.25, -0.2) is 8.42 Å². The van der Waals surface area contributed by atoms with Crippen molar-refractivity contribution in [3.63, 3.8) is 0 Å². The molecule has 1 aromatic rings. The van der Waals surface area contributed by atoms with Crippen LogP contribution in [0.2, 0.25) is 0 Å². The number of likely N-dealkylation sites (N-methyl/N-ethyl adjacent to an activating group) is 1. The van der Waals surface area contributed by atoms with Crippen LogP contribution in [-0.2, 0) is 14.6 Å². The van der Waals surface area contributed by atoms with E-state index in [0.29, 0.717) is 18.7 Å². The number of hydrogen-bond acceptors (Lipinski definition) is 4. The van der Waals surface area contributed by atoms with Crippen LogP contribution < -0.4 is 0 Å². The lowest BCUT2D eigenvalue weighted by Crippen LogP contribution is -2.39. The number of carbonyl (C=O) groups excluding carboxylic acids is 1. The molecule has 1 aromatic heterocycles. The predicted octanol–water partition coefficient (Wildman–Crippen LogP) is 1.33. The average molecular weight is 283 g/mol. The monoisotopic (exact) mass is 283 g/mol. The lowest BCUT2D eigenvalue weighted by molar-refractivity contribution is -0.127. The summed E-state index contributed by atoms with van der Waals surface area (Å²) in [5, 5.41) is 0. The Hall–Kier alpha value is -1.56. The molecule has 5 nitrogen and oxygen atoms in total. The van der Waals surface area contributed by atoms with Gasteiger partial charge in [-0.05, 0) is 31.6 Å². The second kappa shape index (κ2) is 5.61. The van der Waals surface area contributed by atoms with E-state index in [0.717, 1.165) is 0 Å². The van der Waals surface area contributed by atoms with Crippen molar-refractivity contribution < 1.29 is 17.6 Å². The molecule has 1 saturated heterocycles. The fourth-order valence-electron chi connectivity index (χ4n) is 2.25. The summed E-state index contributed by atoms with van der Waals surface area (Å²) in [6.07, 6.45) is 5.07. The first-order valence-electron chi connectivity index (χ1n) is 6.24. The molecule has 2 rings (SSSR count). The SMILES string of the molecule is CCN(C(=O)/C=C/c1ccco1)C1CCS(=O)(=O)C1. The molecule has 0 saturated carbocycles. The third-order valence-corrected chi connectivity index (χ3v) is 4.96. The van der Waals surface area contributed by atoms with Crippen LogP contribution in [0, 0.1) is 0 Å². The minimum atomic E-state index is -2.98. The first kappa shape index (κ1) is 13.9. The van der Waals surface area contributed by atoms with E-state index < -0.39 is 9.84 Å². The maximum Gasteiger partial charge on any atom is 0.246 e. The predicted molar refractivity (Wildman–Crippen MR) is 72.2 cm³/mol. The summed E-state index contributed by atoms with van der Waals surface area (Å²) in [7, 11) is -2.98. The van der Waals surface area contributed by atoms with E-state index in [1.807, 2.05) is 6.92 Å². The Morgan fingerprint density at radius 1 is 1.58 bits per heavy atom. The molecule has 0 aliphatic carbocycles. The van der Waals surface area contributed by atoms with Gasteiger partial charge in [-0.15, -0.1) is 0 Å². The molecule has 1 fully saturated rings. The molecule has 0 aromatic carbocycles. The van der Waals surface area contributed by atoms with Crippen molar-refractivity contribution in [3.05, 3.63) is 30.2 Å². The molecule has 0 bridgehead atoms. The van der Waals surface area contributed by atoms with Crippen molar-refractivity contribution in [2.75, 3.05) is 18.1 Å². The quantitative estimate of drug-likeness (QED) is 0.782. The van der Waals surface area contributed by atoms with Crippen molar-refractivity contribution in [1.82, 2.24) is 4.90 Å². The van der Waals surface area contributed by atoms with Crippen molar-refractivity contribution in [3.8, 4) is 0 Å². The number of sulfone groups is 1. The van der Waals surface area contributed by atoms with E-state index >= 15 is 0 Å². The van der Waals surface area contributed by atoms with Gasteiger partial charge in [0, 0.05) is 18.7 Å². The summed E-state index contributed by atoms with van der Waals surface area (Å²) in [5.41, 5.74) is 0. The molecule has 0 spiro atoms. The zero-order valence-corrected chi connectivity index (χ0v) is 11.6. The summed E-state index contributed by atoms with van der Waals surface area (Å²) in [6, 6.07) is 3.29. The van der Waals surface area contributed by atoms with Crippen molar-refractivity contribution in [2.24, 2.45) is 0 Å². The van der Waals surface area contributed by atoms with Gasteiger partial charge in [0.15, 0.2) is 9.84 Å². The van der Waals surface area contributed by atoms with Gasteiger partial charge in [-0.3, -0.25) is 4.79 Å². The van der Waals surface area contributed by atoms with Gasteiger partial charge in [-0.1, -0.05) is 0 Å². The Morgan fingerprint density at radius 3 is 2.89 bits per heavy atom. The van der Waals surface area contributed by atoms with Crippen LogP contribution in [0.5, 0.6) is 0 Å². The third-order valence-electron chi connectivity index (χ3n) is 3.21. The fourth-order valence-corrected chi connectivity index (χ4v) is 3.98. The summed E-state index contributed by atoms with van der Waals surface area (Å²) < 4.78 is 28.0. The van der Waals surface area contributed by atoms with Gasteiger partial charge in [-0.2, -0.15) is 0 Å². The van der Waals surface area contributed by atoms with Crippen LogP contribution in [0.25, 0.3) is 6.08 Å². The molecule has 6 heteroatoms. The molecular weight excluding hydrogens is 266 g/mol. The molecule has 1 aliphatic rings. The Balaban J connectivity index is 2.04. The second-order valence-electron chi connectivity index (χ2n) is 4.53. The van der Waals surface area contributed by atoms with Gasteiger partial charge < -0.3 is 9.32 Å². The van der Waals surface area contributed by atoms with E-state index in [-0.39, 0.29) is 23.5 Å². The first-order valence-corrected chi connectivity index (χ1v) is 8.06. The number of hydrogen-bond donors (Lipinski definition) is 0. The van der Waals surface area contributed by atoms with Crippen molar-refractivity contribution in [1.29, 1.82) is 0 Å². The van der Waals surface area contributed by atoms with Crippen molar-refractivity contribution >= 4 is 21.8 Å². The Labute approximate surface area is 112 Å². The number of carbonyl (C=O) groups is 1. The van der Waals surface area contributed by atoms with Gasteiger partial charge in [0.1, 0.15) is 5.76 Å². The van der Waals surface area contributed by atoms with Crippen LogP contribution in [0.1, 0.15) is 19.1 Å². The summed E-state index contributed by atoms with van der Waals surface area (Å²) in [5.74, 6) is 0.661. The van der Waals surface area contributed by atoms with Crippen molar-refractivity contribution in [2.45, 2.75) is 19.4 Å². The van der Waals surface area contributed by atoms with Gasteiger partial charge in [0.25, 0.3) is 0 Å². The van der Waals surface area contributed by atoms with Crippen LogP contribution in [0.4, 0.5) is 0 Å². The second-order valence-corrected chi connectivity index (χ2v) is 6.76. The van der Waals surface area contributed by atoms with Crippen LogP contribution in [-0.4, -0.2) is 43.3 Å². The minimum absolute atomic E-state index is 0.0706. The van der Waals surface area contributed by atoms with E-state index in [4.69, 9.17) is 4.42 Å². The summed E-state index contributed by atoms with van der Waals surface area (Å²) >= 11 is 0. The summed E-state index contributed by atoms with van der Waals surface area (Å²) in [4.78, 5) is 13.7. The first-order chi connectivity index (χ1) is 9.02. The van der Waals surface area contributed by atoms with Crippen LogP contribution >= 0.6 is 0 Å².